The molecular weight excluding hydrogens is 380 g/mol. The number of esters is 1. The van der Waals surface area contributed by atoms with Crippen LogP contribution < -0.4 is 5.43 Å². The van der Waals surface area contributed by atoms with Crippen LogP contribution in [0.4, 0.5) is 0 Å². The van der Waals surface area contributed by atoms with Gasteiger partial charge in [-0.15, -0.1) is 0 Å². The van der Waals surface area contributed by atoms with E-state index in [2.05, 4.69) is 0 Å². The minimum atomic E-state index is -0.751. The summed E-state index contributed by atoms with van der Waals surface area (Å²) in [6.07, 6.45) is 2.77. The van der Waals surface area contributed by atoms with Gasteiger partial charge in [0, 0.05) is 37.0 Å². The number of nitrogens with zero attached hydrogens (tertiary/aromatic N) is 2. The van der Waals surface area contributed by atoms with Gasteiger partial charge in [0.25, 0.3) is 5.91 Å². The highest BCUT2D eigenvalue weighted by Gasteiger charge is 2.62. The van der Waals surface area contributed by atoms with Crippen molar-refractivity contribution in [2.75, 3.05) is 6.61 Å². The maximum Gasteiger partial charge on any atom is 0.314 e. The Bertz CT molecular complexity index is 1030. The number of benzene rings is 1. The number of aromatic nitrogens is 1. The average molecular weight is 408 g/mol. The van der Waals surface area contributed by atoms with Crippen molar-refractivity contribution in [2.24, 2.45) is 12.5 Å². The topological polar surface area (TPSA) is 68.6 Å². The maximum absolute atomic E-state index is 13.6. The molecule has 0 saturated carbocycles. The van der Waals surface area contributed by atoms with Crippen LogP contribution in [-0.4, -0.2) is 40.0 Å². The van der Waals surface area contributed by atoms with Gasteiger partial charge in [-0.25, -0.2) is 0 Å². The highest BCUT2D eigenvalue weighted by Crippen LogP contribution is 2.52. The van der Waals surface area contributed by atoms with E-state index in [1.165, 1.54) is 12.1 Å². The summed E-state index contributed by atoms with van der Waals surface area (Å²) in [6.45, 7) is 3.94. The standard InChI is InChI=1S/C24H28N2O4/c1-4-30-23(29)24(14-17-8-6-5-7-9-17)15-18-10-11-21(24)26(18)22(28)20-13-19(27)12-16(2)25(20)3/h5-9,12-13,18,21H,4,10-11,14-15H2,1-3H3/t18-,21+,24+/m1/s1. The second-order valence-corrected chi connectivity index (χ2v) is 8.48. The first-order valence-corrected chi connectivity index (χ1v) is 10.6. The number of hydrogen-bond donors (Lipinski definition) is 0. The van der Waals surface area contributed by atoms with Gasteiger partial charge >= 0.3 is 5.97 Å². The molecule has 0 unspecified atom stereocenters. The largest absolute Gasteiger partial charge is 0.465 e. The summed E-state index contributed by atoms with van der Waals surface area (Å²) >= 11 is 0. The summed E-state index contributed by atoms with van der Waals surface area (Å²) in [4.78, 5) is 40.7. The molecule has 6 nitrogen and oxygen atoms in total. The first kappa shape index (κ1) is 20.4. The van der Waals surface area contributed by atoms with E-state index in [9.17, 15) is 14.4 Å². The summed E-state index contributed by atoms with van der Waals surface area (Å²) in [5.41, 5.74) is 1.24. The molecule has 1 aromatic heterocycles. The van der Waals surface area contributed by atoms with Crippen molar-refractivity contribution in [3.8, 4) is 0 Å². The fraction of sp³-hybridized carbons (Fsp3) is 0.458. The molecular formula is C24H28N2O4. The minimum Gasteiger partial charge on any atom is -0.465 e. The molecule has 4 rings (SSSR count). The highest BCUT2D eigenvalue weighted by atomic mass is 16.5. The van der Waals surface area contributed by atoms with Crippen LogP contribution in [0.25, 0.3) is 0 Å². The molecule has 2 saturated heterocycles. The van der Waals surface area contributed by atoms with Gasteiger partial charge in [-0.3, -0.25) is 14.4 Å². The summed E-state index contributed by atoms with van der Waals surface area (Å²) in [6, 6.07) is 12.6. The molecule has 2 fully saturated rings. The highest BCUT2D eigenvalue weighted by molar-refractivity contribution is 5.95. The second-order valence-electron chi connectivity index (χ2n) is 8.48. The zero-order chi connectivity index (χ0) is 21.5. The molecule has 2 aliphatic heterocycles. The van der Waals surface area contributed by atoms with Crippen molar-refractivity contribution < 1.29 is 14.3 Å². The van der Waals surface area contributed by atoms with E-state index in [1.807, 2.05) is 49.1 Å². The molecule has 1 aromatic carbocycles. The third-order valence-electron chi connectivity index (χ3n) is 6.76. The number of pyridine rings is 1. The molecule has 2 bridgehead atoms. The lowest BCUT2D eigenvalue weighted by Gasteiger charge is -2.35. The molecule has 2 aliphatic rings. The van der Waals surface area contributed by atoms with E-state index in [4.69, 9.17) is 4.74 Å². The Morgan fingerprint density at radius 2 is 1.90 bits per heavy atom. The Balaban J connectivity index is 1.73. The maximum atomic E-state index is 13.6. The molecule has 0 spiro atoms. The van der Waals surface area contributed by atoms with Gasteiger partial charge < -0.3 is 14.2 Å². The number of aryl methyl sites for hydroxylation is 1. The third kappa shape index (κ3) is 3.24. The van der Waals surface area contributed by atoms with E-state index < -0.39 is 5.41 Å². The zero-order valence-electron chi connectivity index (χ0n) is 17.8. The average Bonchev–Trinajstić information content (AvgIpc) is 3.27. The number of hydrogen-bond acceptors (Lipinski definition) is 4. The molecule has 0 radical (unpaired) electrons. The molecule has 158 valence electrons. The summed E-state index contributed by atoms with van der Waals surface area (Å²) in [5.74, 6) is -0.401. The normalized spacial score (nSPS) is 24.8. The van der Waals surface area contributed by atoms with Crippen molar-refractivity contribution in [2.45, 2.75) is 51.6 Å². The number of amides is 1. The van der Waals surface area contributed by atoms with Crippen molar-refractivity contribution in [1.29, 1.82) is 0 Å². The van der Waals surface area contributed by atoms with Crippen LogP contribution >= 0.6 is 0 Å². The van der Waals surface area contributed by atoms with E-state index >= 15 is 0 Å². The lowest BCUT2D eigenvalue weighted by atomic mass is 9.70. The molecule has 1 amide bonds. The Labute approximate surface area is 176 Å². The smallest absolute Gasteiger partial charge is 0.314 e. The van der Waals surface area contributed by atoms with Crippen LogP contribution in [0.5, 0.6) is 0 Å². The van der Waals surface area contributed by atoms with Crippen LogP contribution in [0.2, 0.25) is 0 Å². The number of fused-ring (bicyclic) bond motifs is 2. The first-order chi connectivity index (χ1) is 14.4. The van der Waals surface area contributed by atoms with Crippen LogP contribution in [0.15, 0.2) is 47.3 Å². The Kier molecular flexibility index (Phi) is 5.26. The van der Waals surface area contributed by atoms with Crippen molar-refractivity contribution in [3.63, 3.8) is 0 Å². The fourth-order valence-corrected chi connectivity index (χ4v) is 5.31. The minimum absolute atomic E-state index is 0.0220. The number of rotatable bonds is 5. The summed E-state index contributed by atoms with van der Waals surface area (Å²) < 4.78 is 7.27. The quantitative estimate of drug-likeness (QED) is 0.714. The molecule has 30 heavy (non-hydrogen) atoms. The third-order valence-corrected chi connectivity index (χ3v) is 6.76. The van der Waals surface area contributed by atoms with Gasteiger partial charge in [-0.1, -0.05) is 30.3 Å². The van der Waals surface area contributed by atoms with Crippen LogP contribution in [0.3, 0.4) is 0 Å². The lowest BCUT2D eigenvalue weighted by molar-refractivity contribution is -0.157. The van der Waals surface area contributed by atoms with Crippen molar-refractivity contribution >= 4 is 11.9 Å². The molecule has 6 heteroatoms. The van der Waals surface area contributed by atoms with E-state index in [-0.39, 0.29) is 29.4 Å². The van der Waals surface area contributed by atoms with E-state index in [0.717, 1.165) is 24.1 Å². The van der Waals surface area contributed by atoms with Gasteiger partial charge in [0.05, 0.1) is 12.0 Å². The van der Waals surface area contributed by atoms with Gasteiger partial charge in [0.15, 0.2) is 5.43 Å². The van der Waals surface area contributed by atoms with Crippen LogP contribution in [0.1, 0.15) is 47.9 Å². The summed E-state index contributed by atoms with van der Waals surface area (Å²) in [7, 11) is 1.79. The van der Waals surface area contributed by atoms with Gasteiger partial charge in [-0.05, 0) is 45.1 Å². The Hall–Kier alpha value is -2.89. The van der Waals surface area contributed by atoms with E-state index in [1.54, 1.807) is 11.6 Å². The SMILES string of the molecule is CCOC(=O)[C@@]1(Cc2ccccc2)C[C@H]2CC[C@@H]1N2C(=O)c1cc(=O)cc(C)n1C. The summed E-state index contributed by atoms with van der Waals surface area (Å²) in [5, 5.41) is 0. The lowest BCUT2D eigenvalue weighted by Crippen LogP contribution is -2.47. The van der Waals surface area contributed by atoms with Crippen LogP contribution in [-0.2, 0) is 23.0 Å². The molecule has 3 atom stereocenters. The van der Waals surface area contributed by atoms with E-state index in [0.29, 0.717) is 25.1 Å². The first-order valence-electron chi connectivity index (χ1n) is 10.6. The predicted octanol–water partition coefficient (Wildman–Crippen LogP) is 2.86. The van der Waals surface area contributed by atoms with Crippen molar-refractivity contribution in [3.05, 3.63) is 69.6 Å². The Morgan fingerprint density at radius 3 is 2.60 bits per heavy atom. The Morgan fingerprint density at radius 1 is 1.17 bits per heavy atom. The molecule has 3 heterocycles. The fourth-order valence-electron chi connectivity index (χ4n) is 5.31. The van der Waals surface area contributed by atoms with Gasteiger partial charge in [-0.2, -0.15) is 0 Å². The second kappa shape index (κ2) is 7.74. The number of ether oxygens (including phenoxy) is 1. The molecule has 2 aromatic rings. The zero-order valence-corrected chi connectivity index (χ0v) is 17.8. The van der Waals surface area contributed by atoms with Crippen molar-refractivity contribution in [1.82, 2.24) is 9.47 Å². The molecule has 0 aliphatic carbocycles. The molecule has 0 N–H and O–H groups in total. The van der Waals surface area contributed by atoms with Crippen LogP contribution in [0, 0.1) is 12.3 Å². The van der Waals surface area contributed by atoms with Gasteiger partial charge in [0.2, 0.25) is 0 Å². The number of carbonyl (C=O) groups excluding carboxylic acids is 2. The monoisotopic (exact) mass is 408 g/mol. The predicted molar refractivity (Wildman–Crippen MR) is 113 cm³/mol. The number of carbonyl (C=O) groups is 2. The van der Waals surface area contributed by atoms with Gasteiger partial charge in [0.1, 0.15) is 5.69 Å².